The first kappa shape index (κ1) is 14.8. The summed E-state index contributed by atoms with van der Waals surface area (Å²) in [5.41, 5.74) is 0.960. The summed E-state index contributed by atoms with van der Waals surface area (Å²) in [7, 11) is 0. The van der Waals surface area contributed by atoms with Gasteiger partial charge in [-0.2, -0.15) is 0 Å². The minimum Gasteiger partial charge on any atom is -0.459 e. The lowest BCUT2D eigenvalue weighted by molar-refractivity contribution is 0.0233. The normalized spacial score (nSPS) is 22.3. The number of pyridine rings is 1. The second kappa shape index (κ2) is 6.02. The van der Waals surface area contributed by atoms with E-state index < -0.39 is 0 Å². The van der Waals surface area contributed by atoms with E-state index in [-0.39, 0.29) is 16.8 Å². The highest BCUT2D eigenvalue weighted by Gasteiger charge is 2.51. The van der Waals surface area contributed by atoms with Gasteiger partial charge in [0.1, 0.15) is 0 Å². The van der Waals surface area contributed by atoms with Gasteiger partial charge < -0.3 is 14.1 Å². The van der Waals surface area contributed by atoms with Crippen LogP contribution < -0.4 is 0 Å². The molecule has 1 amide bonds. The maximum atomic E-state index is 12.2. The van der Waals surface area contributed by atoms with Crippen molar-refractivity contribution in [1.82, 2.24) is 9.88 Å². The molecule has 1 atom stereocenters. The van der Waals surface area contributed by atoms with Crippen molar-refractivity contribution in [2.45, 2.75) is 23.9 Å². The predicted molar refractivity (Wildman–Crippen MR) is 87.2 cm³/mol. The van der Waals surface area contributed by atoms with Crippen molar-refractivity contribution >= 4 is 17.7 Å². The van der Waals surface area contributed by atoms with Crippen molar-refractivity contribution in [3.05, 3.63) is 54.2 Å². The summed E-state index contributed by atoms with van der Waals surface area (Å²) in [4.78, 5) is 18.3. The van der Waals surface area contributed by atoms with Crippen molar-refractivity contribution in [3.63, 3.8) is 0 Å². The third-order valence-corrected chi connectivity index (χ3v) is 5.92. The number of hydrogen-bond acceptors (Lipinski definition) is 5. The molecule has 0 bridgehead atoms. The second-order valence-electron chi connectivity index (χ2n) is 6.09. The van der Waals surface area contributed by atoms with E-state index in [1.807, 2.05) is 34.9 Å². The zero-order chi connectivity index (χ0) is 15.7. The maximum absolute atomic E-state index is 12.2. The van der Waals surface area contributed by atoms with E-state index >= 15 is 0 Å². The first-order chi connectivity index (χ1) is 11.2. The summed E-state index contributed by atoms with van der Waals surface area (Å²) in [6, 6.07) is 9.32. The Bertz CT molecular complexity index is 668. The molecular formula is C17H18N2O3S. The predicted octanol–water partition coefficient (Wildman–Crippen LogP) is 2.59. The Balaban J connectivity index is 1.27. The number of rotatable bonds is 4. The van der Waals surface area contributed by atoms with Crippen molar-refractivity contribution in [2.75, 3.05) is 18.8 Å². The molecule has 2 saturated heterocycles. The highest BCUT2D eigenvalue weighted by molar-refractivity contribution is 8.01. The molecule has 2 aromatic rings. The van der Waals surface area contributed by atoms with Crippen LogP contribution >= 0.6 is 11.8 Å². The molecule has 2 aromatic heterocycles. The smallest absolute Gasteiger partial charge is 0.289 e. The molecule has 0 aromatic carbocycles. The molecule has 5 nitrogen and oxygen atoms in total. The molecular weight excluding hydrogens is 312 g/mol. The lowest BCUT2D eigenvalue weighted by atomic mass is 9.92. The van der Waals surface area contributed by atoms with Crippen LogP contribution in [0.5, 0.6) is 0 Å². The van der Waals surface area contributed by atoms with Gasteiger partial charge >= 0.3 is 0 Å². The van der Waals surface area contributed by atoms with Crippen LogP contribution in [0.15, 0.2) is 47.2 Å². The quantitative estimate of drug-likeness (QED) is 0.862. The van der Waals surface area contributed by atoms with Crippen LogP contribution in [-0.2, 0) is 11.3 Å². The van der Waals surface area contributed by atoms with Gasteiger partial charge in [0.05, 0.1) is 29.4 Å². The molecule has 0 N–H and O–H groups in total. The van der Waals surface area contributed by atoms with Crippen LogP contribution in [0.4, 0.5) is 0 Å². The molecule has 2 aliphatic rings. The number of likely N-dealkylation sites (tertiary alicyclic amines) is 1. The van der Waals surface area contributed by atoms with Gasteiger partial charge in [0, 0.05) is 25.0 Å². The SMILES string of the molecule is O=C(c1ccco1)N1CC2(C[C@H](OCc3ccccn3)CS2)C1. The summed E-state index contributed by atoms with van der Waals surface area (Å²) < 4.78 is 11.3. The molecule has 2 fully saturated rings. The lowest BCUT2D eigenvalue weighted by Crippen LogP contribution is -2.60. The third-order valence-electron chi connectivity index (χ3n) is 4.35. The Kier molecular flexibility index (Phi) is 3.87. The van der Waals surface area contributed by atoms with Crippen LogP contribution in [0.3, 0.4) is 0 Å². The molecule has 120 valence electrons. The van der Waals surface area contributed by atoms with Gasteiger partial charge in [0.15, 0.2) is 5.76 Å². The molecule has 0 radical (unpaired) electrons. The van der Waals surface area contributed by atoms with Crippen LogP contribution in [-0.4, -0.2) is 45.5 Å². The highest BCUT2D eigenvalue weighted by Crippen LogP contribution is 2.46. The van der Waals surface area contributed by atoms with E-state index in [1.165, 1.54) is 6.26 Å². The molecule has 2 aliphatic heterocycles. The zero-order valence-corrected chi connectivity index (χ0v) is 13.5. The summed E-state index contributed by atoms with van der Waals surface area (Å²) in [6.07, 6.45) is 4.55. The van der Waals surface area contributed by atoms with Crippen LogP contribution in [0.2, 0.25) is 0 Å². The Morgan fingerprint density at radius 2 is 2.30 bits per heavy atom. The number of hydrogen-bond donors (Lipinski definition) is 0. The second-order valence-corrected chi connectivity index (χ2v) is 7.58. The molecule has 0 aliphatic carbocycles. The molecule has 6 heteroatoms. The molecule has 4 heterocycles. The van der Waals surface area contributed by atoms with E-state index in [1.54, 1.807) is 18.3 Å². The van der Waals surface area contributed by atoms with Crippen molar-refractivity contribution < 1.29 is 13.9 Å². The largest absolute Gasteiger partial charge is 0.459 e. The van der Waals surface area contributed by atoms with Gasteiger partial charge in [-0.15, -0.1) is 11.8 Å². The fourth-order valence-corrected chi connectivity index (χ4v) is 4.72. The maximum Gasteiger partial charge on any atom is 0.289 e. The van der Waals surface area contributed by atoms with Gasteiger partial charge in [-0.25, -0.2) is 0 Å². The van der Waals surface area contributed by atoms with E-state index in [0.29, 0.717) is 12.4 Å². The average molecular weight is 330 g/mol. The number of aromatic nitrogens is 1. The van der Waals surface area contributed by atoms with Gasteiger partial charge in [-0.3, -0.25) is 9.78 Å². The molecule has 4 rings (SSSR count). The molecule has 0 unspecified atom stereocenters. The standard InChI is InChI=1S/C17H18N2O3S/c20-16(15-5-3-7-21-15)19-11-17(12-19)8-14(10-23-17)22-9-13-4-1-2-6-18-13/h1-7,14H,8-12H2/t14-/m0/s1. The van der Waals surface area contributed by atoms with Gasteiger partial charge in [-0.1, -0.05) is 6.07 Å². The summed E-state index contributed by atoms with van der Waals surface area (Å²) in [6.45, 7) is 2.11. The zero-order valence-electron chi connectivity index (χ0n) is 12.7. The Hall–Kier alpha value is -1.79. The van der Waals surface area contributed by atoms with Crippen LogP contribution in [0.1, 0.15) is 22.7 Å². The number of carbonyl (C=O) groups is 1. The molecule has 0 saturated carbocycles. The van der Waals surface area contributed by atoms with E-state index in [4.69, 9.17) is 9.15 Å². The molecule has 23 heavy (non-hydrogen) atoms. The Morgan fingerprint density at radius 1 is 1.39 bits per heavy atom. The highest BCUT2D eigenvalue weighted by atomic mass is 32.2. The first-order valence-corrected chi connectivity index (χ1v) is 8.71. The fraction of sp³-hybridized carbons (Fsp3) is 0.412. The number of ether oxygens (including phenoxy) is 1. The van der Waals surface area contributed by atoms with Crippen LogP contribution in [0.25, 0.3) is 0 Å². The minimum atomic E-state index is -0.0147. The third kappa shape index (κ3) is 3.01. The van der Waals surface area contributed by atoms with Crippen molar-refractivity contribution in [2.24, 2.45) is 0 Å². The average Bonchev–Trinajstić information content (AvgIpc) is 3.22. The van der Waals surface area contributed by atoms with E-state index in [0.717, 1.165) is 31.0 Å². The number of amides is 1. The van der Waals surface area contributed by atoms with Gasteiger partial charge in [-0.05, 0) is 30.7 Å². The van der Waals surface area contributed by atoms with Crippen molar-refractivity contribution in [3.8, 4) is 0 Å². The number of thioether (sulfide) groups is 1. The van der Waals surface area contributed by atoms with Crippen LogP contribution in [0, 0.1) is 0 Å². The van der Waals surface area contributed by atoms with E-state index in [2.05, 4.69) is 4.98 Å². The van der Waals surface area contributed by atoms with E-state index in [9.17, 15) is 4.79 Å². The molecule has 1 spiro atoms. The Morgan fingerprint density at radius 3 is 3.04 bits per heavy atom. The summed E-state index contributed by atoms with van der Waals surface area (Å²) in [5.74, 6) is 1.39. The number of nitrogens with zero attached hydrogens (tertiary/aromatic N) is 2. The summed E-state index contributed by atoms with van der Waals surface area (Å²) >= 11 is 1.92. The topological polar surface area (TPSA) is 55.6 Å². The number of furan rings is 1. The number of carbonyl (C=O) groups excluding carboxylic acids is 1. The van der Waals surface area contributed by atoms with Crippen molar-refractivity contribution in [1.29, 1.82) is 0 Å². The van der Waals surface area contributed by atoms with Gasteiger partial charge in [0.25, 0.3) is 5.91 Å². The Labute approximate surface area is 139 Å². The lowest BCUT2D eigenvalue weighted by Gasteiger charge is -2.47. The fourth-order valence-electron chi connectivity index (χ4n) is 3.17. The minimum absolute atomic E-state index is 0.0147. The monoisotopic (exact) mass is 330 g/mol. The summed E-state index contributed by atoms with van der Waals surface area (Å²) in [5, 5.41) is 0. The first-order valence-electron chi connectivity index (χ1n) is 7.72. The van der Waals surface area contributed by atoms with Gasteiger partial charge in [0.2, 0.25) is 0 Å².